The number of terminal acetylenes is 1. The Bertz CT molecular complexity index is 1000. The van der Waals surface area contributed by atoms with Crippen LogP contribution < -0.4 is 5.32 Å². The summed E-state index contributed by atoms with van der Waals surface area (Å²) < 4.78 is 5.13. The van der Waals surface area contributed by atoms with Crippen LogP contribution in [0.4, 0.5) is 5.82 Å². The molecule has 0 aliphatic carbocycles. The number of benzene rings is 1. The van der Waals surface area contributed by atoms with Crippen molar-refractivity contribution in [3.05, 3.63) is 30.6 Å². The van der Waals surface area contributed by atoms with Gasteiger partial charge in [-0.1, -0.05) is 58.9 Å². The van der Waals surface area contributed by atoms with Crippen molar-refractivity contribution in [3.63, 3.8) is 0 Å². The molecule has 0 aliphatic heterocycles. The Morgan fingerprint density at radius 3 is 2.85 bits per heavy atom. The van der Waals surface area contributed by atoms with E-state index in [2.05, 4.69) is 21.2 Å². The fraction of sp³-hybridized carbons (Fsp3) is 0.235. The molecule has 9 heteroatoms. The molecule has 134 valence electrons. The number of alkyl halides is 3. The van der Waals surface area contributed by atoms with Crippen LogP contribution in [0, 0.1) is 12.3 Å². The molecule has 0 radical (unpaired) electrons. The maximum Gasteiger partial charge on any atom is 0.277 e. The van der Waals surface area contributed by atoms with Gasteiger partial charge >= 0.3 is 0 Å². The van der Waals surface area contributed by atoms with Gasteiger partial charge in [0, 0.05) is 11.9 Å². The first-order valence-corrected chi connectivity index (χ1v) is 8.68. The number of fused-ring (bicyclic) bond motifs is 3. The fourth-order valence-electron chi connectivity index (χ4n) is 2.51. The Hall–Kier alpha value is -2.04. The van der Waals surface area contributed by atoms with Gasteiger partial charge < -0.3 is 14.6 Å². The smallest absolute Gasteiger partial charge is 0.277 e. The Kier molecular flexibility index (Phi) is 5.54. The highest BCUT2D eigenvalue weighted by Crippen LogP contribution is 2.31. The van der Waals surface area contributed by atoms with E-state index in [1.807, 2.05) is 28.8 Å². The number of imidazole rings is 1. The molecule has 2 aromatic heterocycles. The number of halogens is 3. The van der Waals surface area contributed by atoms with Crippen LogP contribution in [-0.4, -0.2) is 37.4 Å². The number of anilines is 1. The number of hydrogen-bond acceptors (Lipinski definition) is 4. The summed E-state index contributed by atoms with van der Waals surface area (Å²) in [6.45, 7) is 1.19. The summed E-state index contributed by atoms with van der Waals surface area (Å²) in [7, 11) is 0. The quantitative estimate of drug-likeness (QED) is 0.396. The Balaban J connectivity index is 2.07. The molecule has 0 saturated carbocycles. The number of aromatic nitrogens is 3. The zero-order valence-corrected chi connectivity index (χ0v) is 15.6. The summed E-state index contributed by atoms with van der Waals surface area (Å²) in [5.41, 5.74) is 1.95. The number of hydrogen-bond donors (Lipinski definition) is 1. The van der Waals surface area contributed by atoms with Crippen LogP contribution in [0.3, 0.4) is 0 Å². The summed E-state index contributed by atoms with van der Waals surface area (Å²) in [6, 6.07) is 7.49. The summed E-state index contributed by atoms with van der Waals surface area (Å²) in [4.78, 5) is 20.8. The highest BCUT2D eigenvalue weighted by Gasteiger charge is 2.31. The van der Waals surface area contributed by atoms with Crippen LogP contribution in [0.25, 0.3) is 21.9 Å². The SMILES string of the molecule is C#CCOCCn1cnc2c(NC(=O)C(Cl)(Cl)Cl)nc3ccccc3c21. The van der Waals surface area contributed by atoms with Crippen LogP contribution in [0.1, 0.15) is 0 Å². The van der Waals surface area contributed by atoms with Crippen molar-refractivity contribution < 1.29 is 9.53 Å². The first-order chi connectivity index (χ1) is 12.4. The minimum absolute atomic E-state index is 0.221. The third kappa shape index (κ3) is 3.87. The Morgan fingerprint density at radius 1 is 1.35 bits per heavy atom. The van der Waals surface area contributed by atoms with Crippen LogP contribution in [0.2, 0.25) is 0 Å². The molecule has 0 fully saturated rings. The summed E-state index contributed by atoms with van der Waals surface area (Å²) in [5, 5.41) is 3.41. The van der Waals surface area contributed by atoms with E-state index in [-0.39, 0.29) is 12.4 Å². The van der Waals surface area contributed by atoms with Gasteiger partial charge in [0.25, 0.3) is 9.70 Å². The maximum absolute atomic E-state index is 12.0. The average molecular weight is 412 g/mol. The largest absolute Gasteiger partial charge is 0.367 e. The lowest BCUT2D eigenvalue weighted by molar-refractivity contribution is -0.115. The number of amides is 1. The molecule has 1 aromatic carbocycles. The van der Waals surface area contributed by atoms with Gasteiger partial charge in [0.15, 0.2) is 5.82 Å². The fourth-order valence-corrected chi connectivity index (χ4v) is 2.65. The van der Waals surface area contributed by atoms with Crippen molar-refractivity contribution in [1.82, 2.24) is 14.5 Å². The van der Waals surface area contributed by atoms with Gasteiger partial charge in [-0.05, 0) is 6.07 Å². The minimum atomic E-state index is -2.11. The third-order valence-electron chi connectivity index (χ3n) is 3.60. The molecule has 1 amide bonds. The molecule has 0 atom stereocenters. The first-order valence-electron chi connectivity index (χ1n) is 7.55. The van der Waals surface area contributed by atoms with Crippen molar-refractivity contribution in [2.45, 2.75) is 10.3 Å². The summed E-state index contributed by atoms with van der Waals surface area (Å²) in [6.07, 6.45) is 6.82. The van der Waals surface area contributed by atoms with E-state index >= 15 is 0 Å². The lowest BCUT2D eigenvalue weighted by Gasteiger charge is -2.13. The van der Waals surface area contributed by atoms with Gasteiger partial charge in [0.2, 0.25) is 0 Å². The van der Waals surface area contributed by atoms with Crippen molar-refractivity contribution in [3.8, 4) is 12.3 Å². The minimum Gasteiger partial charge on any atom is -0.367 e. The zero-order valence-electron chi connectivity index (χ0n) is 13.4. The molecule has 1 N–H and O–H groups in total. The predicted octanol–water partition coefficient (Wildman–Crippen LogP) is 3.54. The molecule has 2 heterocycles. The summed E-state index contributed by atoms with van der Waals surface area (Å²) in [5.74, 6) is 1.83. The van der Waals surface area contributed by atoms with Crippen LogP contribution >= 0.6 is 34.8 Å². The van der Waals surface area contributed by atoms with E-state index < -0.39 is 9.70 Å². The van der Waals surface area contributed by atoms with Crippen molar-refractivity contribution in [2.75, 3.05) is 18.5 Å². The second-order valence-corrected chi connectivity index (χ2v) is 7.60. The monoisotopic (exact) mass is 410 g/mol. The molecular formula is C17H13Cl3N4O2. The molecule has 0 unspecified atom stereocenters. The number of carbonyl (C=O) groups excluding carboxylic acids is 1. The van der Waals surface area contributed by atoms with Gasteiger partial charge in [0.1, 0.15) is 12.1 Å². The molecular weight excluding hydrogens is 399 g/mol. The maximum atomic E-state index is 12.0. The lowest BCUT2D eigenvalue weighted by Crippen LogP contribution is -2.27. The van der Waals surface area contributed by atoms with E-state index in [9.17, 15) is 4.79 Å². The summed E-state index contributed by atoms with van der Waals surface area (Å²) >= 11 is 16.9. The van der Waals surface area contributed by atoms with Crippen molar-refractivity contribution in [2.24, 2.45) is 0 Å². The molecule has 0 saturated heterocycles. The molecule has 3 aromatic rings. The molecule has 6 nitrogen and oxygen atoms in total. The van der Waals surface area contributed by atoms with Crippen molar-refractivity contribution in [1.29, 1.82) is 0 Å². The topological polar surface area (TPSA) is 69.0 Å². The van der Waals surface area contributed by atoms with Gasteiger partial charge in [-0.2, -0.15) is 0 Å². The molecule has 3 rings (SSSR count). The van der Waals surface area contributed by atoms with Gasteiger partial charge in [0.05, 0.1) is 24.0 Å². The standard InChI is InChI=1S/C17H13Cl3N4O2/c1-2-8-26-9-7-24-10-21-13-14(24)11-5-3-4-6-12(11)22-15(13)23-16(25)17(18,19)20/h1,3-6,10H,7-9H2,(H,22,23,25). The van der Waals surface area contributed by atoms with Gasteiger partial charge in [-0.3, -0.25) is 4.79 Å². The van der Waals surface area contributed by atoms with Crippen LogP contribution in [0.5, 0.6) is 0 Å². The number of carbonyl (C=O) groups is 1. The number of ether oxygens (including phenoxy) is 1. The van der Waals surface area contributed by atoms with E-state index in [1.165, 1.54) is 0 Å². The number of para-hydroxylation sites is 1. The molecule has 0 aliphatic rings. The first kappa shape index (κ1) is 18.7. The van der Waals surface area contributed by atoms with Crippen LogP contribution in [-0.2, 0) is 16.1 Å². The Labute approximate surface area is 164 Å². The Morgan fingerprint density at radius 2 is 2.12 bits per heavy atom. The van der Waals surface area contributed by atoms with Crippen molar-refractivity contribution >= 4 is 68.5 Å². The second kappa shape index (κ2) is 7.68. The van der Waals surface area contributed by atoms with Gasteiger partial charge in [-0.25, -0.2) is 9.97 Å². The van der Waals surface area contributed by atoms with E-state index in [4.69, 9.17) is 46.0 Å². The molecule has 0 spiro atoms. The zero-order chi connectivity index (χ0) is 18.7. The van der Waals surface area contributed by atoms with E-state index in [0.717, 1.165) is 10.9 Å². The lowest BCUT2D eigenvalue weighted by atomic mass is 10.2. The third-order valence-corrected chi connectivity index (χ3v) is 4.12. The number of nitrogens with one attached hydrogen (secondary N) is 1. The second-order valence-electron chi connectivity index (χ2n) is 5.32. The highest BCUT2D eigenvalue weighted by molar-refractivity contribution is 6.76. The number of rotatable bonds is 5. The number of nitrogens with zero attached hydrogens (tertiary/aromatic N) is 3. The van der Waals surface area contributed by atoms with E-state index in [0.29, 0.717) is 24.2 Å². The molecule has 0 bridgehead atoms. The van der Waals surface area contributed by atoms with Gasteiger partial charge in [-0.15, -0.1) is 6.42 Å². The molecule has 26 heavy (non-hydrogen) atoms. The number of pyridine rings is 1. The highest BCUT2D eigenvalue weighted by atomic mass is 35.6. The predicted molar refractivity (Wildman–Crippen MR) is 104 cm³/mol. The average Bonchev–Trinajstić information content (AvgIpc) is 3.02. The van der Waals surface area contributed by atoms with E-state index in [1.54, 1.807) is 6.33 Å². The normalized spacial score (nSPS) is 11.6. The van der Waals surface area contributed by atoms with Crippen LogP contribution in [0.15, 0.2) is 30.6 Å².